The number of aliphatic hydroxyl groups excluding tert-OH is 1. The van der Waals surface area contributed by atoms with Gasteiger partial charge in [-0.1, -0.05) is 152 Å². The molecular formula is C44H82NO7P. The quantitative estimate of drug-likeness (QED) is 0.0287. The summed E-state index contributed by atoms with van der Waals surface area (Å²) < 4.78 is 29.6. The van der Waals surface area contributed by atoms with Crippen LogP contribution < -0.4 is 4.89 Å². The molecule has 0 amide bonds. The minimum absolute atomic E-state index is 0.0633. The van der Waals surface area contributed by atoms with E-state index in [-0.39, 0.29) is 25.4 Å². The molecule has 8 nitrogen and oxygen atoms in total. The number of aliphatic hydroxyl groups is 1. The third-order valence-electron chi connectivity index (χ3n) is 9.17. The Morgan fingerprint density at radius 1 is 0.642 bits per heavy atom. The van der Waals surface area contributed by atoms with Crippen LogP contribution in [0.25, 0.3) is 0 Å². The molecule has 0 heterocycles. The Morgan fingerprint density at radius 2 is 1.08 bits per heavy atom. The van der Waals surface area contributed by atoms with Crippen molar-refractivity contribution >= 4 is 13.6 Å². The van der Waals surface area contributed by atoms with Gasteiger partial charge in [0.1, 0.15) is 19.3 Å². The van der Waals surface area contributed by atoms with Gasteiger partial charge in [-0.05, 0) is 57.8 Å². The van der Waals surface area contributed by atoms with Crippen molar-refractivity contribution in [1.82, 2.24) is 0 Å². The van der Waals surface area contributed by atoms with Gasteiger partial charge < -0.3 is 28.3 Å². The largest absolute Gasteiger partial charge is 0.756 e. The molecule has 0 saturated carbocycles. The number of ether oxygens (including phenoxy) is 1. The fourth-order valence-corrected chi connectivity index (χ4v) is 6.68. The molecule has 2 unspecified atom stereocenters. The first-order chi connectivity index (χ1) is 25.6. The zero-order valence-corrected chi connectivity index (χ0v) is 35.8. The average Bonchev–Trinajstić information content (AvgIpc) is 3.11. The molecule has 310 valence electrons. The number of unbranched alkanes of at least 4 members (excludes halogenated alkanes) is 17. The minimum atomic E-state index is -4.80. The number of rotatable bonds is 39. The van der Waals surface area contributed by atoms with E-state index in [9.17, 15) is 19.4 Å². The van der Waals surface area contributed by atoms with Gasteiger partial charge in [0.05, 0.1) is 27.7 Å². The van der Waals surface area contributed by atoms with Crippen molar-refractivity contribution in [1.29, 1.82) is 0 Å². The number of quaternary nitrogens is 1. The molecular weight excluding hydrogens is 685 g/mol. The van der Waals surface area contributed by atoms with E-state index in [1.165, 1.54) is 83.5 Å². The maximum absolute atomic E-state index is 13.3. The van der Waals surface area contributed by atoms with Crippen molar-refractivity contribution in [3.8, 4) is 0 Å². The molecule has 0 aliphatic carbocycles. The van der Waals surface area contributed by atoms with Crippen molar-refractivity contribution < 1.29 is 37.6 Å². The Morgan fingerprint density at radius 3 is 1.55 bits per heavy atom. The second kappa shape index (κ2) is 36.3. The number of ketones is 1. The monoisotopic (exact) mass is 768 g/mol. The number of phosphoric acid groups is 1. The van der Waals surface area contributed by atoms with Crippen LogP contribution in [0.3, 0.4) is 0 Å². The van der Waals surface area contributed by atoms with E-state index in [1.54, 1.807) is 0 Å². The molecule has 0 aliphatic heterocycles. The lowest BCUT2D eigenvalue weighted by molar-refractivity contribution is -0.870. The van der Waals surface area contributed by atoms with Crippen LogP contribution in [0.15, 0.2) is 48.6 Å². The molecule has 0 aliphatic rings. The van der Waals surface area contributed by atoms with Gasteiger partial charge in [0, 0.05) is 13.0 Å². The molecule has 9 heteroatoms. The molecule has 0 radical (unpaired) electrons. The summed E-state index contributed by atoms with van der Waals surface area (Å²) in [4.78, 5) is 26.1. The maximum atomic E-state index is 13.3. The van der Waals surface area contributed by atoms with Crippen LogP contribution >= 0.6 is 7.82 Å². The first-order valence-corrected chi connectivity index (χ1v) is 22.8. The summed E-state index contributed by atoms with van der Waals surface area (Å²) in [5.74, 6) is -0.375. The average molecular weight is 768 g/mol. The summed E-state index contributed by atoms with van der Waals surface area (Å²) >= 11 is 0. The van der Waals surface area contributed by atoms with E-state index >= 15 is 0 Å². The van der Waals surface area contributed by atoms with E-state index in [0.717, 1.165) is 51.4 Å². The lowest BCUT2D eigenvalue weighted by Gasteiger charge is -2.32. The highest BCUT2D eigenvalue weighted by Gasteiger charge is 2.33. The van der Waals surface area contributed by atoms with Gasteiger partial charge in [-0.2, -0.15) is 0 Å². The zero-order chi connectivity index (χ0) is 39.3. The Hall–Kier alpha value is -1.38. The van der Waals surface area contributed by atoms with E-state index in [4.69, 9.17) is 13.8 Å². The summed E-state index contributed by atoms with van der Waals surface area (Å²) in [7, 11) is 0.993. The highest BCUT2D eigenvalue weighted by atomic mass is 31.2. The number of hydrogen-bond donors (Lipinski definition) is 1. The molecule has 0 aromatic rings. The fourth-order valence-electron chi connectivity index (χ4n) is 5.79. The standard InChI is InChI=1S/C44H82NO7P/c1-6-8-10-12-14-16-18-20-21-22-23-24-26-28-30-32-34-36-39-50-43(41-46)44(52-53(48,49)51-40-38-45(3,4)5)42(47)37-35-33-31-29-27-25-19-17-15-13-11-9-7-2/h14,16,20-21,23-24,28,30,43-44,46H,6-13,15,17-19,22,25-27,29,31-41H2,1-5H3/b16-14-,21-20-,24-23-,30-28-/t43-,44?/m0/s1. The minimum Gasteiger partial charge on any atom is -0.756 e. The van der Waals surface area contributed by atoms with Crippen LogP contribution in [0, 0.1) is 0 Å². The Balaban J connectivity index is 4.61. The Labute approximate surface area is 326 Å². The highest BCUT2D eigenvalue weighted by molar-refractivity contribution is 7.45. The normalized spacial score (nSPS) is 15.0. The van der Waals surface area contributed by atoms with Crippen LogP contribution in [0.1, 0.15) is 168 Å². The van der Waals surface area contributed by atoms with Gasteiger partial charge in [-0.25, -0.2) is 0 Å². The van der Waals surface area contributed by atoms with Crippen molar-refractivity contribution in [3.63, 3.8) is 0 Å². The molecule has 0 saturated heterocycles. The predicted molar refractivity (Wildman–Crippen MR) is 222 cm³/mol. The molecule has 0 fully saturated rings. The van der Waals surface area contributed by atoms with E-state index in [2.05, 4.69) is 62.5 Å². The molecule has 53 heavy (non-hydrogen) atoms. The molecule has 0 bridgehead atoms. The van der Waals surface area contributed by atoms with Crippen LogP contribution in [0.4, 0.5) is 0 Å². The Bertz CT molecular complexity index is 1000. The Kier molecular flexibility index (Phi) is 35.3. The van der Waals surface area contributed by atoms with Gasteiger partial charge >= 0.3 is 0 Å². The molecule has 3 atom stereocenters. The highest BCUT2D eigenvalue weighted by Crippen LogP contribution is 2.41. The summed E-state index contributed by atoms with van der Waals surface area (Å²) in [6.07, 6.45) is 41.1. The smallest absolute Gasteiger partial charge is 0.268 e. The third-order valence-corrected chi connectivity index (χ3v) is 10.2. The van der Waals surface area contributed by atoms with Gasteiger partial charge in [0.25, 0.3) is 7.82 Å². The predicted octanol–water partition coefficient (Wildman–Crippen LogP) is 11.1. The van der Waals surface area contributed by atoms with E-state index < -0.39 is 26.6 Å². The third kappa shape index (κ3) is 36.0. The van der Waals surface area contributed by atoms with E-state index in [1.807, 2.05) is 21.1 Å². The van der Waals surface area contributed by atoms with Gasteiger partial charge in [0.2, 0.25) is 0 Å². The number of nitrogens with zero attached hydrogens (tertiary/aromatic N) is 1. The summed E-state index contributed by atoms with van der Waals surface area (Å²) in [6, 6.07) is 0. The van der Waals surface area contributed by atoms with E-state index in [0.29, 0.717) is 23.9 Å². The van der Waals surface area contributed by atoms with Crippen LogP contribution in [-0.2, 0) is 23.1 Å². The number of phosphoric ester groups is 1. The van der Waals surface area contributed by atoms with Crippen molar-refractivity contribution in [2.75, 3.05) is 47.5 Å². The lowest BCUT2D eigenvalue weighted by Crippen LogP contribution is -2.42. The SMILES string of the molecule is CCCCC/C=C\C/C=C\C/C=C\C/C=C\CCCCO[C@@H](CO)C(OP(=O)([O-])OCC[N+](C)(C)C)C(=O)CCCCCCCCCCCCCCC. The fraction of sp³-hybridized carbons (Fsp3) is 0.795. The van der Waals surface area contributed by atoms with Crippen LogP contribution in [-0.4, -0.2) is 75.1 Å². The molecule has 0 aromatic carbocycles. The maximum Gasteiger partial charge on any atom is 0.268 e. The molecule has 1 N–H and O–H groups in total. The summed E-state index contributed by atoms with van der Waals surface area (Å²) in [5, 5.41) is 10.1. The molecule has 0 rings (SSSR count). The van der Waals surface area contributed by atoms with Crippen LogP contribution in [0.5, 0.6) is 0 Å². The van der Waals surface area contributed by atoms with Gasteiger partial charge in [-0.15, -0.1) is 0 Å². The first kappa shape index (κ1) is 51.6. The lowest BCUT2D eigenvalue weighted by atomic mass is 10.0. The number of hydrogen-bond acceptors (Lipinski definition) is 7. The summed E-state index contributed by atoms with van der Waals surface area (Å²) in [6.45, 7) is 4.63. The van der Waals surface area contributed by atoms with Gasteiger partial charge in [-0.3, -0.25) is 9.36 Å². The first-order valence-electron chi connectivity index (χ1n) is 21.4. The molecule has 0 aromatic heterocycles. The number of allylic oxidation sites excluding steroid dienone is 8. The van der Waals surface area contributed by atoms with Crippen molar-refractivity contribution in [3.05, 3.63) is 48.6 Å². The number of carbonyl (C=O) groups excluding carboxylic acids is 1. The van der Waals surface area contributed by atoms with Crippen molar-refractivity contribution in [2.45, 2.75) is 180 Å². The van der Waals surface area contributed by atoms with Gasteiger partial charge in [0.15, 0.2) is 11.9 Å². The molecule has 0 spiro atoms. The zero-order valence-electron chi connectivity index (χ0n) is 34.9. The number of likely N-dealkylation sites (N-methyl/N-ethyl adjacent to an activating group) is 1. The second-order valence-corrected chi connectivity index (χ2v) is 16.8. The topological polar surface area (TPSA) is 105 Å². The second-order valence-electron chi connectivity index (χ2n) is 15.5. The van der Waals surface area contributed by atoms with Crippen LogP contribution in [0.2, 0.25) is 0 Å². The van der Waals surface area contributed by atoms with Crippen molar-refractivity contribution in [2.24, 2.45) is 0 Å². The summed E-state index contributed by atoms with van der Waals surface area (Å²) in [5.41, 5.74) is 0. The number of Topliss-reactive ketones (excluding diaryl/α,β-unsaturated/α-hetero) is 1. The number of carbonyl (C=O) groups is 1.